The number of halogens is 1. The summed E-state index contributed by atoms with van der Waals surface area (Å²) < 4.78 is 15.6. The van der Waals surface area contributed by atoms with Gasteiger partial charge in [0.05, 0.1) is 18.7 Å². The molecule has 2 rings (SSSR count). The molecule has 1 aromatic heterocycles. The van der Waals surface area contributed by atoms with Gasteiger partial charge in [-0.1, -0.05) is 16.8 Å². The van der Waals surface area contributed by atoms with Gasteiger partial charge in [0, 0.05) is 17.6 Å². The average Bonchev–Trinajstić information content (AvgIpc) is 2.93. The van der Waals surface area contributed by atoms with Crippen LogP contribution < -0.4 is 4.74 Å². The van der Waals surface area contributed by atoms with E-state index in [0.717, 1.165) is 0 Å². The first-order chi connectivity index (χ1) is 12.4. The molecule has 1 amide bonds. The third kappa shape index (κ3) is 5.77. The molecular formula is C18H21ClN2O5. The zero-order valence-electron chi connectivity index (χ0n) is 15.0. The molecule has 7 nitrogen and oxygen atoms in total. The first kappa shape index (κ1) is 19.8. The lowest BCUT2D eigenvalue weighted by molar-refractivity contribution is -0.151. The number of benzene rings is 1. The minimum absolute atomic E-state index is 0.0256. The summed E-state index contributed by atoms with van der Waals surface area (Å²) in [5, 5.41) is 4.40. The minimum Gasteiger partial charge on any atom is -0.492 e. The highest BCUT2D eigenvalue weighted by Crippen LogP contribution is 2.15. The van der Waals surface area contributed by atoms with E-state index >= 15 is 0 Å². The van der Waals surface area contributed by atoms with Gasteiger partial charge in [-0.05, 0) is 38.1 Å². The van der Waals surface area contributed by atoms with E-state index in [1.165, 1.54) is 4.90 Å². The van der Waals surface area contributed by atoms with Gasteiger partial charge in [-0.15, -0.1) is 0 Å². The highest BCUT2D eigenvalue weighted by atomic mass is 35.5. The Labute approximate surface area is 156 Å². The van der Waals surface area contributed by atoms with Crippen LogP contribution in [0.25, 0.3) is 0 Å². The lowest BCUT2D eigenvalue weighted by Crippen LogP contribution is -2.34. The minimum atomic E-state index is -0.501. The van der Waals surface area contributed by atoms with Crippen LogP contribution in [0.15, 0.2) is 28.8 Å². The van der Waals surface area contributed by atoms with Crippen LogP contribution in [0.3, 0.4) is 0 Å². The molecule has 8 heteroatoms. The predicted molar refractivity (Wildman–Crippen MR) is 95.2 cm³/mol. The van der Waals surface area contributed by atoms with E-state index in [1.807, 2.05) is 0 Å². The van der Waals surface area contributed by atoms with Gasteiger partial charge in [0.25, 0.3) is 5.91 Å². The Kier molecular flexibility index (Phi) is 7.03. The van der Waals surface area contributed by atoms with Gasteiger partial charge in [-0.25, -0.2) is 0 Å². The summed E-state index contributed by atoms with van der Waals surface area (Å²) in [6.45, 7) is 3.83. The Morgan fingerprint density at radius 1 is 1.23 bits per heavy atom. The number of amides is 1. The Balaban J connectivity index is 1.69. The molecule has 0 bridgehead atoms. The number of nitrogens with zero attached hydrogens (tertiary/aromatic N) is 2. The van der Waals surface area contributed by atoms with Crippen LogP contribution in [-0.2, 0) is 20.7 Å². The zero-order valence-corrected chi connectivity index (χ0v) is 15.7. The molecule has 0 saturated heterocycles. The number of aromatic nitrogens is 1. The molecule has 0 spiro atoms. The number of hydrogen-bond donors (Lipinski definition) is 0. The lowest BCUT2D eigenvalue weighted by atomic mass is 10.1. The molecule has 0 fully saturated rings. The summed E-state index contributed by atoms with van der Waals surface area (Å²) in [6, 6.07) is 6.95. The van der Waals surface area contributed by atoms with E-state index in [2.05, 4.69) is 5.16 Å². The monoisotopic (exact) mass is 380 g/mol. The second-order valence-electron chi connectivity index (χ2n) is 5.76. The van der Waals surface area contributed by atoms with E-state index in [9.17, 15) is 9.59 Å². The maximum atomic E-state index is 12.0. The van der Waals surface area contributed by atoms with Gasteiger partial charge in [0.2, 0.25) is 0 Å². The third-order valence-electron chi connectivity index (χ3n) is 3.79. The summed E-state index contributed by atoms with van der Waals surface area (Å²) in [5.41, 5.74) is 1.33. The van der Waals surface area contributed by atoms with E-state index in [4.69, 9.17) is 25.6 Å². The van der Waals surface area contributed by atoms with Gasteiger partial charge in [-0.2, -0.15) is 0 Å². The normalized spacial score (nSPS) is 10.5. The van der Waals surface area contributed by atoms with Crippen LogP contribution in [0.5, 0.6) is 5.75 Å². The van der Waals surface area contributed by atoms with Crippen LogP contribution in [0.2, 0.25) is 5.02 Å². The lowest BCUT2D eigenvalue weighted by Gasteiger charge is -2.17. The van der Waals surface area contributed by atoms with Crippen LogP contribution in [0, 0.1) is 13.8 Å². The van der Waals surface area contributed by atoms with Crippen LogP contribution >= 0.6 is 11.6 Å². The summed E-state index contributed by atoms with van der Waals surface area (Å²) >= 11 is 5.80. The van der Waals surface area contributed by atoms with E-state index in [-0.39, 0.29) is 18.9 Å². The van der Waals surface area contributed by atoms with Crippen molar-refractivity contribution >= 4 is 23.5 Å². The number of likely N-dealkylation sites (N-methyl/N-ethyl adjacent to an activating group) is 1. The maximum absolute atomic E-state index is 12.0. The van der Waals surface area contributed by atoms with Crippen molar-refractivity contribution in [3.63, 3.8) is 0 Å². The Morgan fingerprint density at radius 2 is 1.92 bits per heavy atom. The van der Waals surface area contributed by atoms with Crippen molar-refractivity contribution in [3.8, 4) is 5.75 Å². The fourth-order valence-electron chi connectivity index (χ4n) is 2.16. The largest absolute Gasteiger partial charge is 0.492 e. The Bertz CT molecular complexity index is 738. The molecule has 1 heterocycles. The fourth-order valence-corrected chi connectivity index (χ4v) is 2.28. The van der Waals surface area contributed by atoms with Crippen molar-refractivity contribution in [1.29, 1.82) is 0 Å². The van der Waals surface area contributed by atoms with E-state index in [0.29, 0.717) is 40.9 Å². The van der Waals surface area contributed by atoms with Crippen molar-refractivity contribution in [2.24, 2.45) is 0 Å². The molecule has 0 aliphatic rings. The molecule has 0 saturated carbocycles. The van der Waals surface area contributed by atoms with Crippen LogP contribution in [-0.4, -0.2) is 48.7 Å². The van der Waals surface area contributed by atoms with Crippen LogP contribution in [0.4, 0.5) is 0 Å². The van der Waals surface area contributed by atoms with Crippen molar-refractivity contribution in [3.05, 3.63) is 46.3 Å². The SMILES string of the molecule is Cc1noc(C)c1CC(=O)OCC(=O)N(C)CCOc1ccc(Cl)cc1. The summed E-state index contributed by atoms with van der Waals surface area (Å²) in [6.07, 6.45) is 0.0256. The number of carbonyl (C=O) groups is 2. The van der Waals surface area contributed by atoms with Gasteiger partial charge >= 0.3 is 5.97 Å². The second-order valence-corrected chi connectivity index (χ2v) is 6.19. The molecule has 26 heavy (non-hydrogen) atoms. The van der Waals surface area contributed by atoms with Crippen molar-refractivity contribution < 1.29 is 23.6 Å². The molecule has 2 aromatic rings. The van der Waals surface area contributed by atoms with Gasteiger partial charge in [-0.3, -0.25) is 9.59 Å². The quantitative estimate of drug-likeness (QED) is 0.654. The zero-order chi connectivity index (χ0) is 19.1. The fraction of sp³-hybridized carbons (Fsp3) is 0.389. The number of ether oxygens (including phenoxy) is 2. The Morgan fingerprint density at radius 3 is 2.54 bits per heavy atom. The molecular weight excluding hydrogens is 360 g/mol. The number of aryl methyl sites for hydroxylation is 2. The maximum Gasteiger partial charge on any atom is 0.310 e. The molecule has 0 aliphatic carbocycles. The smallest absolute Gasteiger partial charge is 0.310 e. The molecule has 0 atom stereocenters. The highest BCUT2D eigenvalue weighted by Gasteiger charge is 2.16. The molecule has 0 radical (unpaired) electrons. The topological polar surface area (TPSA) is 81.9 Å². The second kappa shape index (κ2) is 9.24. The number of rotatable bonds is 8. The van der Waals surface area contributed by atoms with Crippen molar-refractivity contribution in [2.75, 3.05) is 26.8 Å². The summed E-state index contributed by atoms with van der Waals surface area (Å²) in [7, 11) is 1.62. The standard InChI is InChI=1S/C18H21ClN2O5/c1-12-16(13(2)26-20-12)10-18(23)25-11-17(22)21(3)8-9-24-15-6-4-14(19)5-7-15/h4-7H,8-11H2,1-3H3. The molecule has 140 valence electrons. The Hall–Kier alpha value is -2.54. The third-order valence-corrected chi connectivity index (χ3v) is 4.05. The number of hydrogen-bond acceptors (Lipinski definition) is 6. The molecule has 1 aromatic carbocycles. The average molecular weight is 381 g/mol. The molecule has 0 N–H and O–H groups in total. The summed E-state index contributed by atoms with van der Waals surface area (Å²) in [5.74, 6) is 0.429. The predicted octanol–water partition coefficient (Wildman–Crippen LogP) is 2.57. The van der Waals surface area contributed by atoms with E-state index in [1.54, 1.807) is 45.2 Å². The van der Waals surface area contributed by atoms with Crippen molar-refractivity contribution in [2.45, 2.75) is 20.3 Å². The first-order valence-electron chi connectivity index (χ1n) is 8.06. The number of esters is 1. The van der Waals surface area contributed by atoms with Crippen LogP contribution in [0.1, 0.15) is 17.0 Å². The highest BCUT2D eigenvalue weighted by molar-refractivity contribution is 6.30. The number of carbonyl (C=O) groups excluding carboxylic acids is 2. The van der Waals surface area contributed by atoms with Crippen molar-refractivity contribution in [1.82, 2.24) is 10.1 Å². The molecule has 0 unspecified atom stereocenters. The molecule has 0 aliphatic heterocycles. The first-order valence-corrected chi connectivity index (χ1v) is 8.44. The summed E-state index contributed by atoms with van der Waals surface area (Å²) in [4.78, 5) is 25.3. The van der Waals surface area contributed by atoms with Gasteiger partial charge in [0.1, 0.15) is 18.1 Å². The van der Waals surface area contributed by atoms with Gasteiger partial charge in [0.15, 0.2) is 6.61 Å². The van der Waals surface area contributed by atoms with Gasteiger partial charge < -0.3 is 18.9 Å². The van der Waals surface area contributed by atoms with E-state index < -0.39 is 5.97 Å².